The van der Waals surface area contributed by atoms with Crippen molar-refractivity contribution in [3.8, 4) is 0 Å². The van der Waals surface area contributed by atoms with Crippen LogP contribution in [-0.4, -0.2) is 54.4 Å². The minimum atomic E-state index is 0.0358. The van der Waals surface area contributed by atoms with Crippen molar-refractivity contribution in [1.82, 2.24) is 15.2 Å². The smallest absolute Gasteiger partial charge is 0.317 e. The molecule has 1 fully saturated rings. The number of rotatable bonds is 3. The molecule has 2 amide bonds. The predicted molar refractivity (Wildman–Crippen MR) is 98.9 cm³/mol. The van der Waals surface area contributed by atoms with Crippen molar-refractivity contribution in [3.05, 3.63) is 18.2 Å². The molecular formula is C16H22N4OS2. The maximum Gasteiger partial charge on any atom is 0.317 e. The SMILES string of the molecule is CSc1cccc2sc(N3CCN(C(=O)NC(C)C)CC3)nc12. The van der Waals surface area contributed by atoms with Crippen LogP contribution in [0.2, 0.25) is 0 Å². The lowest BCUT2D eigenvalue weighted by atomic mass is 10.3. The largest absolute Gasteiger partial charge is 0.345 e. The quantitative estimate of drug-likeness (QED) is 0.863. The third-order valence-corrected chi connectivity index (χ3v) is 5.69. The highest BCUT2D eigenvalue weighted by molar-refractivity contribution is 7.98. The summed E-state index contributed by atoms with van der Waals surface area (Å²) >= 11 is 3.47. The fraction of sp³-hybridized carbons (Fsp3) is 0.500. The number of urea groups is 1. The first-order chi connectivity index (χ1) is 11.1. The number of carbonyl (C=O) groups excluding carboxylic acids is 1. The summed E-state index contributed by atoms with van der Waals surface area (Å²) in [7, 11) is 0. The number of para-hydroxylation sites is 1. The number of nitrogens with zero attached hydrogens (tertiary/aromatic N) is 3. The highest BCUT2D eigenvalue weighted by atomic mass is 32.2. The van der Waals surface area contributed by atoms with E-state index in [0.717, 1.165) is 36.8 Å². The van der Waals surface area contributed by atoms with Gasteiger partial charge in [0.05, 0.1) is 10.2 Å². The van der Waals surface area contributed by atoms with Crippen LogP contribution >= 0.6 is 23.1 Å². The van der Waals surface area contributed by atoms with Gasteiger partial charge in [0, 0.05) is 37.1 Å². The Morgan fingerprint density at radius 3 is 2.70 bits per heavy atom. The summed E-state index contributed by atoms with van der Waals surface area (Å²) in [4.78, 5) is 22.3. The van der Waals surface area contributed by atoms with E-state index in [9.17, 15) is 4.79 Å². The van der Waals surface area contributed by atoms with Crippen LogP contribution in [0.1, 0.15) is 13.8 Å². The van der Waals surface area contributed by atoms with Crippen LogP contribution in [0.4, 0.5) is 9.93 Å². The van der Waals surface area contributed by atoms with E-state index in [1.807, 2.05) is 18.7 Å². The number of thioether (sulfide) groups is 1. The number of fused-ring (bicyclic) bond motifs is 1. The zero-order valence-corrected chi connectivity index (χ0v) is 15.3. The lowest BCUT2D eigenvalue weighted by molar-refractivity contribution is 0.192. The topological polar surface area (TPSA) is 48.5 Å². The van der Waals surface area contributed by atoms with Gasteiger partial charge in [-0.3, -0.25) is 0 Å². The van der Waals surface area contributed by atoms with Crippen molar-refractivity contribution in [2.75, 3.05) is 37.3 Å². The molecule has 7 heteroatoms. The Balaban J connectivity index is 1.69. The van der Waals surface area contributed by atoms with Crippen molar-refractivity contribution in [3.63, 3.8) is 0 Å². The molecule has 1 aliphatic rings. The lowest BCUT2D eigenvalue weighted by Gasteiger charge is -2.34. The van der Waals surface area contributed by atoms with Gasteiger partial charge in [0.15, 0.2) is 5.13 Å². The van der Waals surface area contributed by atoms with Gasteiger partial charge in [-0.15, -0.1) is 11.8 Å². The van der Waals surface area contributed by atoms with E-state index in [0.29, 0.717) is 0 Å². The van der Waals surface area contributed by atoms with Gasteiger partial charge >= 0.3 is 6.03 Å². The molecule has 1 aromatic carbocycles. The fourth-order valence-electron chi connectivity index (χ4n) is 2.65. The van der Waals surface area contributed by atoms with Crippen LogP contribution in [0.15, 0.2) is 23.1 Å². The summed E-state index contributed by atoms with van der Waals surface area (Å²) in [5.41, 5.74) is 1.10. The number of hydrogen-bond donors (Lipinski definition) is 1. The number of carbonyl (C=O) groups is 1. The van der Waals surface area contributed by atoms with Crippen LogP contribution in [0.3, 0.4) is 0 Å². The van der Waals surface area contributed by atoms with Gasteiger partial charge in [-0.2, -0.15) is 0 Å². The number of amides is 2. The summed E-state index contributed by atoms with van der Waals surface area (Å²) in [5.74, 6) is 0. The van der Waals surface area contributed by atoms with Crippen LogP contribution in [0.5, 0.6) is 0 Å². The second kappa shape index (κ2) is 6.97. The minimum Gasteiger partial charge on any atom is -0.345 e. The molecule has 23 heavy (non-hydrogen) atoms. The van der Waals surface area contributed by atoms with Crippen LogP contribution in [0, 0.1) is 0 Å². The second-order valence-electron chi connectivity index (χ2n) is 5.88. The minimum absolute atomic E-state index is 0.0358. The molecule has 0 aliphatic carbocycles. The molecule has 2 aromatic rings. The standard InChI is InChI=1S/C16H22N4OS2/c1-11(2)17-15(21)19-7-9-20(10-8-19)16-18-14-12(22-3)5-4-6-13(14)23-16/h4-6,11H,7-10H2,1-3H3,(H,17,21). The molecule has 1 aromatic heterocycles. The summed E-state index contributed by atoms with van der Waals surface area (Å²) in [6, 6.07) is 6.54. The third kappa shape index (κ3) is 3.55. The highest BCUT2D eigenvalue weighted by Gasteiger charge is 2.23. The molecule has 3 rings (SSSR count). The molecule has 2 heterocycles. The van der Waals surface area contributed by atoms with Crippen molar-refractivity contribution in [2.24, 2.45) is 0 Å². The average Bonchev–Trinajstić information content (AvgIpc) is 2.98. The molecule has 124 valence electrons. The number of anilines is 1. The molecule has 1 N–H and O–H groups in total. The maximum atomic E-state index is 12.1. The normalized spacial score (nSPS) is 15.5. The second-order valence-corrected chi connectivity index (χ2v) is 7.74. The number of thiazole rings is 1. The molecule has 1 aliphatic heterocycles. The summed E-state index contributed by atoms with van der Waals surface area (Å²) in [5, 5.41) is 4.02. The molecule has 5 nitrogen and oxygen atoms in total. The van der Waals surface area contributed by atoms with Crippen molar-refractivity contribution >= 4 is 44.5 Å². The van der Waals surface area contributed by atoms with Gasteiger partial charge in [-0.05, 0) is 32.2 Å². The molecule has 0 spiro atoms. The zero-order valence-electron chi connectivity index (χ0n) is 13.7. The van der Waals surface area contributed by atoms with Gasteiger partial charge in [0.1, 0.15) is 0 Å². The van der Waals surface area contributed by atoms with E-state index in [4.69, 9.17) is 4.98 Å². The number of aromatic nitrogens is 1. The monoisotopic (exact) mass is 350 g/mol. The first-order valence-electron chi connectivity index (χ1n) is 7.82. The highest BCUT2D eigenvalue weighted by Crippen LogP contribution is 2.34. The fourth-order valence-corrected chi connectivity index (χ4v) is 4.32. The van der Waals surface area contributed by atoms with E-state index in [1.165, 1.54) is 9.60 Å². The first kappa shape index (κ1) is 16.4. The Hall–Kier alpha value is -1.47. The summed E-state index contributed by atoms with van der Waals surface area (Å²) in [6.07, 6.45) is 2.08. The van der Waals surface area contributed by atoms with E-state index >= 15 is 0 Å². The molecule has 0 bridgehead atoms. The van der Waals surface area contributed by atoms with Crippen LogP contribution < -0.4 is 10.2 Å². The van der Waals surface area contributed by atoms with Crippen LogP contribution in [0.25, 0.3) is 10.2 Å². The average molecular weight is 351 g/mol. The predicted octanol–water partition coefficient (Wildman–Crippen LogP) is 3.26. The zero-order chi connectivity index (χ0) is 16.4. The Labute approximate surface area is 145 Å². The van der Waals surface area contributed by atoms with Crippen molar-refractivity contribution in [2.45, 2.75) is 24.8 Å². The number of hydrogen-bond acceptors (Lipinski definition) is 5. The van der Waals surface area contributed by atoms with Crippen molar-refractivity contribution in [1.29, 1.82) is 0 Å². The molecular weight excluding hydrogens is 328 g/mol. The van der Waals surface area contributed by atoms with Gasteiger partial charge in [0.25, 0.3) is 0 Å². The molecule has 0 unspecified atom stereocenters. The van der Waals surface area contributed by atoms with E-state index in [2.05, 4.69) is 34.7 Å². The number of nitrogens with one attached hydrogen (secondary N) is 1. The Morgan fingerprint density at radius 2 is 2.04 bits per heavy atom. The molecule has 0 radical (unpaired) electrons. The van der Waals surface area contributed by atoms with Gasteiger partial charge in [-0.1, -0.05) is 17.4 Å². The Kier molecular flexibility index (Phi) is 4.96. The maximum absolute atomic E-state index is 12.1. The number of piperazine rings is 1. The van der Waals surface area contributed by atoms with Crippen LogP contribution in [-0.2, 0) is 0 Å². The molecule has 0 saturated carbocycles. The first-order valence-corrected chi connectivity index (χ1v) is 9.86. The van der Waals surface area contributed by atoms with E-state index < -0.39 is 0 Å². The summed E-state index contributed by atoms with van der Waals surface area (Å²) < 4.78 is 1.23. The Morgan fingerprint density at radius 1 is 1.30 bits per heavy atom. The van der Waals surface area contributed by atoms with Crippen molar-refractivity contribution < 1.29 is 4.79 Å². The number of benzene rings is 1. The van der Waals surface area contributed by atoms with Gasteiger partial charge < -0.3 is 15.1 Å². The summed E-state index contributed by atoms with van der Waals surface area (Å²) in [6.45, 7) is 7.12. The lowest BCUT2D eigenvalue weighted by Crippen LogP contribution is -2.52. The van der Waals surface area contributed by atoms with Gasteiger partial charge in [0.2, 0.25) is 0 Å². The third-order valence-electron chi connectivity index (χ3n) is 3.84. The molecule has 1 saturated heterocycles. The van der Waals surface area contributed by atoms with Gasteiger partial charge in [-0.25, -0.2) is 9.78 Å². The Bertz CT molecular complexity index is 692. The molecule has 0 atom stereocenters. The van der Waals surface area contributed by atoms with E-state index in [-0.39, 0.29) is 12.1 Å². The van der Waals surface area contributed by atoms with E-state index in [1.54, 1.807) is 23.1 Å².